The topological polar surface area (TPSA) is 48.7 Å². The second-order valence-electron chi connectivity index (χ2n) is 10.7. The van der Waals surface area contributed by atoms with Gasteiger partial charge in [-0.25, -0.2) is 4.39 Å². The number of hydrogen-bond acceptors (Lipinski definition) is 4. The molecule has 2 aromatic heterocycles. The van der Waals surface area contributed by atoms with E-state index in [0.29, 0.717) is 29.9 Å². The number of nitrogens with zero attached hydrogens (tertiary/aromatic N) is 3. The Morgan fingerprint density at radius 3 is 2.51 bits per heavy atom. The third kappa shape index (κ3) is 6.21. The summed E-state index contributed by atoms with van der Waals surface area (Å²) in [5.74, 6) is 1.08. The van der Waals surface area contributed by atoms with Gasteiger partial charge in [-0.3, -0.25) is 4.79 Å². The molecule has 4 heterocycles. The summed E-state index contributed by atoms with van der Waals surface area (Å²) < 4.78 is 15.3. The maximum atomic E-state index is 13.9. The zero-order chi connectivity index (χ0) is 26.1. The molecular formula is C31H34AcFN3O2S. The van der Waals surface area contributed by atoms with Gasteiger partial charge in [0.2, 0.25) is 0 Å². The van der Waals surface area contributed by atoms with Crippen LogP contribution in [0, 0.1) is 55.8 Å². The van der Waals surface area contributed by atoms with Crippen molar-refractivity contribution in [3.05, 3.63) is 94.1 Å². The Morgan fingerprint density at radius 2 is 1.79 bits per heavy atom. The number of carbonyl (C=O) groups excluding carboxylic acids is 1. The van der Waals surface area contributed by atoms with Crippen molar-refractivity contribution >= 4 is 28.1 Å². The third-order valence-corrected chi connectivity index (χ3v) is 9.18. The first-order chi connectivity index (χ1) is 18.6. The normalized spacial score (nSPS) is 20.4. The van der Waals surface area contributed by atoms with Crippen LogP contribution in [0.15, 0.2) is 71.6 Å². The van der Waals surface area contributed by atoms with Crippen molar-refractivity contribution in [1.82, 2.24) is 14.4 Å². The van der Waals surface area contributed by atoms with E-state index in [0.717, 1.165) is 56.5 Å². The number of halogens is 1. The summed E-state index contributed by atoms with van der Waals surface area (Å²) in [5.41, 5.74) is 4.19. The molecule has 6 rings (SSSR count). The number of fused-ring (bicyclic) bond motifs is 1. The van der Waals surface area contributed by atoms with Gasteiger partial charge in [0.15, 0.2) is 0 Å². The van der Waals surface area contributed by atoms with E-state index in [1.807, 2.05) is 52.1 Å². The van der Waals surface area contributed by atoms with Crippen molar-refractivity contribution in [2.24, 2.45) is 5.92 Å². The molecule has 2 aromatic carbocycles. The molecule has 0 bridgehead atoms. The first kappa shape index (κ1) is 29.0. The van der Waals surface area contributed by atoms with E-state index in [1.54, 1.807) is 23.5 Å². The van der Waals surface area contributed by atoms with Gasteiger partial charge in [-0.2, -0.15) is 11.3 Å². The van der Waals surface area contributed by atoms with Gasteiger partial charge in [-0.15, -0.1) is 0 Å². The first-order valence-electron chi connectivity index (χ1n) is 13.6. The number of amides is 1. The predicted octanol–water partition coefficient (Wildman–Crippen LogP) is 5.57. The summed E-state index contributed by atoms with van der Waals surface area (Å²) in [4.78, 5) is 18.5. The molecule has 4 aromatic rings. The van der Waals surface area contributed by atoms with Gasteiger partial charge in [0, 0.05) is 87.7 Å². The Balaban J connectivity index is 0.00000308. The maximum absolute atomic E-state index is 13.9. The molecule has 39 heavy (non-hydrogen) atoms. The van der Waals surface area contributed by atoms with Crippen LogP contribution in [-0.2, 0) is 6.54 Å². The Hall–Kier alpha value is -1.56. The Kier molecular flexibility index (Phi) is 9.62. The Labute approximate surface area is 269 Å². The average molecular weight is 759 g/mol. The summed E-state index contributed by atoms with van der Waals surface area (Å²) in [5, 5.41) is 14.9. The molecule has 2 aliphatic heterocycles. The molecule has 0 aliphatic carbocycles. The van der Waals surface area contributed by atoms with Gasteiger partial charge in [-0.1, -0.05) is 24.3 Å². The van der Waals surface area contributed by atoms with Crippen molar-refractivity contribution in [3.8, 4) is 0 Å². The quantitative estimate of drug-likeness (QED) is 0.269. The van der Waals surface area contributed by atoms with Crippen LogP contribution in [0.3, 0.4) is 0 Å². The molecule has 0 spiro atoms. The summed E-state index contributed by atoms with van der Waals surface area (Å²) in [7, 11) is 0. The molecule has 1 N–H and O–H groups in total. The molecule has 8 heteroatoms. The third-order valence-electron chi connectivity index (χ3n) is 8.48. The zero-order valence-electron chi connectivity index (χ0n) is 22.1. The number of piperidine rings is 1. The number of carbonyl (C=O) groups is 1. The standard InChI is InChI=1S/C31H34FN3O2S.Ac/c32-27-6-4-22(5-7-27)23-8-12-33(13-9-23)18-26-19-35(20-29(26)25-11-17-38-21-25)31(37)28-3-1-2-24-10-14-34(15-16-36)30(24)28;/h1-7,10-11,14,17,21,23,26,29,36H,8-9,12-13,15-16,18-20H2;. The van der Waals surface area contributed by atoms with Crippen molar-refractivity contribution in [3.63, 3.8) is 0 Å². The van der Waals surface area contributed by atoms with E-state index < -0.39 is 0 Å². The minimum absolute atomic E-state index is 0. The number of aliphatic hydroxyl groups is 1. The van der Waals surface area contributed by atoms with Gasteiger partial charge in [0.05, 0.1) is 17.7 Å². The number of hydrogen-bond donors (Lipinski definition) is 1. The minimum Gasteiger partial charge on any atom is -0.395 e. The van der Waals surface area contributed by atoms with Crippen LogP contribution in [0.1, 0.15) is 46.2 Å². The molecular weight excluding hydrogens is 724 g/mol. The number of para-hydroxylation sites is 1. The summed E-state index contributed by atoms with van der Waals surface area (Å²) >= 11 is 1.72. The van der Waals surface area contributed by atoms with Crippen molar-refractivity contribution < 1.29 is 58.4 Å². The number of aromatic nitrogens is 1. The van der Waals surface area contributed by atoms with Crippen LogP contribution in [0.4, 0.5) is 4.39 Å². The Morgan fingerprint density at radius 1 is 1.00 bits per heavy atom. The molecule has 2 atom stereocenters. The average Bonchev–Trinajstić information content (AvgIpc) is 3.70. The zero-order valence-corrected chi connectivity index (χ0v) is 27.6. The van der Waals surface area contributed by atoms with E-state index in [1.165, 1.54) is 11.1 Å². The summed E-state index contributed by atoms with van der Waals surface area (Å²) in [6.07, 6.45) is 4.11. The predicted molar refractivity (Wildman–Crippen MR) is 150 cm³/mol. The fraction of sp³-hybridized carbons (Fsp3) is 0.387. The summed E-state index contributed by atoms with van der Waals surface area (Å²) in [6, 6.07) is 17.1. The molecule has 201 valence electrons. The van der Waals surface area contributed by atoms with Crippen LogP contribution in [0.5, 0.6) is 0 Å². The van der Waals surface area contributed by atoms with Gasteiger partial charge < -0.3 is 19.5 Å². The Bertz CT molecular complexity index is 1380. The monoisotopic (exact) mass is 758 g/mol. The first-order valence-corrected chi connectivity index (χ1v) is 14.5. The molecule has 2 saturated heterocycles. The van der Waals surface area contributed by atoms with E-state index in [-0.39, 0.29) is 62.4 Å². The second kappa shape index (κ2) is 13.0. The van der Waals surface area contributed by atoms with Crippen molar-refractivity contribution in [2.45, 2.75) is 31.2 Å². The molecule has 5 nitrogen and oxygen atoms in total. The number of benzene rings is 2. The van der Waals surface area contributed by atoms with E-state index in [4.69, 9.17) is 0 Å². The SMILES string of the molecule is O=C(c1cccc2ccn(CCO)c12)N1CC(CN2CCC(c3ccc(F)cc3)CC2)C(c2ccsc2)C1.[Ac]. The maximum Gasteiger partial charge on any atom is 0.256 e. The fourth-order valence-corrected chi connectivity index (χ4v) is 7.22. The van der Waals surface area contributed by atoms with E-state index in [9.17, 15) is 14.3 Å². The second-order valence-corrected chi connectivity index (χ2v) is 11.5. The number of thiophene rings is 1. The molecule has 2 aliphatic rings. The van der Waals surface area contributed by atoms with Gasteiger partial charge >= 0.3 is 0 Å². The summed E-state index contributed by atoms with van der Waals surface area (Å²) in [6.45, 7) is 5.01. The van der Waals surface area contributed by atoms with Crippen LogP contribution >= 0.6 is 11.3 Å². The van der Waals surface area contributed by atoms with Crippen LogP contribution < -0.4 is 0 Å². The number of aliphatic hydroxyl groups excluding tert-OH is 1. The van der Waals surface area contributed by atoms with Crippen LogP contribution in [0.2, 0.25) is 0 Å². The largest absolute Gasteiger partial charge is 0.395 e. The molecule has 1 amide bonds. The molecule has 2 unspecified atom stereocenters. The molecule has 1 radical (unpaired) electrons. The fourth-order valence-electron chi connectivity index (χ4n) is 6.50. The van der Waals surface area contributed by atoms with Gasteiger partial charge in [0.1, 0.15) is 5.82 Å². The number of rotatable bonds is 7. The van der Waals surface area contributed by atoms with Gasteiger partial charge in [0.25, 0.3) is 5.91 Å². The van der Waals surface area contributed by atoms with E-state index >= 15 is 0 Å². The molecule has 2 fully saturated rings. The smallest absolute Gasteiger partial charge is 0.256 e. The van der Waals surface area contributed by atoms with Crippen molar-refractivity contribution in [1.29, 1.82) is 0 Å². The molecule has 0 saturated carbocycles. The van der Waals surface area contributed by atoms with Gasteiger partial charge in [-0.05, 0) is 90.0 Å². The van der Waals surface area contributed by atoms with Crippen molar-refractivity contribution in [2.75, 3.05) is 39.3 Å². The van der Waals surface area contributed by atoms with Crippen LogP contribution in [0.25, 0.3) is 10.9 Å². The van der Waals surface area contributed by atoms with Crippen LogP contribution in [-0.4, -0.2) is 64.7 Å². The number of likely N-dealkylation sites (tertiary alicyclic amines) is 2. The van der Waals surface area contributed by atoms with E-state index in [2.05, 4.69) is 21.7 Å². The minimum atomic E-state index is -0.177.